The van der Waals surface area contributed by atoms with E-state index >= 15 is 0 Å². The number of halogens is 1. The lowest BCUT2D eigenvalue weighted by Crippen LogP contribution is -2.00. The standard InChI is InChI=1S/C11H12BrN3/c1-8-14-11(12)10(15(8)2)7-9-5-3-4-6-13-9/h3-6H,7H2,1-2H3. The Kier molecular flexibility index (Phi) is 2.86. The first-order chi connectivity index (χ1) is 7.18. The molecule has 0 atom stereocenters. The SMILES string of the molecule is Cc1nc(Br)c(Cc2ccccn2)n1C. The number of hydrogen-bond donors (Lipinski definition) is 0. The highest BCUT2D eigenvalue weighted by molar-refractivity contribution is 9.10. The third kappa shape index (κ3) is 2.09. The van der Waals surface area contributed by atoms with Gasteiger partial charge >= 0.3 is 0 Å². The van der Waals surface area contributed by atoms with E-state index in [1.807, 2.05) is 38.4 Å². The Morgan fingerprint density at radius 1 is 1.40 bits per heavy atom. The molecule has 2 aromatic heterocycles. The lowest BCUT2D eigenvalue weighted by Gasteiger charge is -2.03. The molecule has 3 nitrogen and oxygen atoms in total. The van der Waals surface area contributed by atoms with Crippen molar-refractivity contribution in [2.75, 3.05) is 0 Å². The zero-order chi connectivity index (χ0) is 10.8. The molecule has 0 saturated heterocycles. The Bertz CT molecular complexity index is 462. The lowest BCUT2D eigenvalue weighted by molar-refractivity contribution is 0.799. The number of aryl methyl sites for hydroxylation is 1. The molecule has 0 N–H and O–H groups in total. The van der Waals surface area contributed by atoms with Crippen LogP contribution in [0.4, 0.5) is 0 Å². The molecule has 15 heavy (non-hydrogen) atoms. The van der Waals surface area contributed by atoms with E-state index in [0.29, 0.717) is 0 Å². The van der Waals surface area contributed by atoms with Gasteiger partial charge in [0, 0.05) is 25.4 Å². The first-order valence-electron chi connectivity index (χ1n) is 4.76. The first kappa shape index (κ1) is 10.4. The van der Waals surface area contributed by atoms with Gasteiger partial charge in [-0.1, -0.05) is 6.07 Å². The molecule has 0 aliphatic carbocycles. The van der Waals surface area contributed by atoms with Crippen molar-refractivity contribution >= 4 is 15.9 Å². The topological polar surface area (TPSA) is 30.7 Å². The van der Waals surface area contributed by atoms with Crippen LogP contribution in [0, 0.1) is 6.92 Å². The van der Waals surface area contributed by atoms with Crippen LogP contribution >= 0.6 is 15.9 Å². The van der Waals surface area contributed by atoms with Crippen LogP contribution in [0.5, 0.6) is 0 Å². The van der Waals surface area contributed by atoms with Gasteiger partial charge in [0.15, 0.2) is 0 Å². The minimum atomic E-state index is 0.804. The summed E-state index contributed by atoms with van der Waals surface area (Å²) in [5.41, 5.74) is 2.22. The van der Waals surface area contributed by atoms with E-state index in [-0.39, 0.29) is 0 Å². The van der Waals surface area contributed by atoms with Gasteiger partial charge in [0.1, 0.15) is 10.4 Å². The summed E-state index contributed by atoms with van der Waals surface area (Å²) in [6.07, 6.45) is 2.62. The van der Waals surface area contributed by atoms with Gasteiger partial charge in [-0.05, 0) is 35.0 Å². The molecular formula is C11H12BrN3. The average molecular weight is 266 g/mol. The number of aromatic nitrogens is 3. The van der Waals surface area contributed by atoms with Gasteiger partial charge in [-0.3, -0.25) is 4.98 Å². The summed E-state index contributed by atoms with van der Waals surface area (Å²) in [5.74, 6) is 1.01. The van der Waals surface area contributed by atoms with Crippen molar-refractivity contribution < 1.29 is 0 Å². The summed E-state index contributed by atoms with van der Waals surface area (Å²) in [7, 11) is 2.02. The maximum atomic E-state index is 4.36. The van der Waals surface area contributed by atoms with Crippen LogP contribution in [0.3, 0.4) is 0 Å². The second kappa shape index (κ2) is 4.14. The van der Waals surface area contributed by atoms with Gasteiger partial charge in [-0.25, -0.2) is 4.98 Å². The summed E-state index contributed by atoms with van der Waals surface area (Å²) in [4.78, 5) is 8.66. The van der Waals surface area contributed by atoms with Crippen molar-refractivity contribution in [1.29, 1.82) is 0 Å². The molecule has 0 saturated carbocycles. The van der Waals surface area contributed by atoms with E-state index in [4.69, 9.17) is 0 Å². The Balaban J connectivity index is 2.32. The molecule has 2 heterocycles. The summed E-state index contributed by atoms with van der Waals surface area (Å²) in [5, 5.41) is 0. The monoisotopic (exact) mass is 265 g/mol. The van der Waals surface area contributed by atoms with E-state index in [1.165, 1.54) is 0 Å². The molecule has 0 aromatic carbocycles. The Morgan fingerprint density at radius 2 is 2.20 bits per heavy atom. The third-order valence-corrected chi connectivity index (χ3v) is 3.10. The fraction of sp³-hybridized carbons (Fsp3) is 0.273. The lowest BCUT2D eigenvalue weighted by atomic mass is 10.2. The molecule has 0 aliphatic rings. The Hall–Kier alpha value is -1.16. The fourth-order valence-corrected chi connectivity index (χ4v) is 2.14. The van der Waals surface area contributed by atoms with E-state index in [2.05, 4.69) is 30.5 Å². The van der Waals surface area contributed by atoms with E-state index in [1.54, 1.807) is 0 Å². The molecule has 0 spiro atoms. The van der Waals surface area contributed by atoms with Gasteiger partial charge in [-0.2, -0.15) is 0 Å². The van der Waals surface area contributed by atoms with Crippen molar-refractivity contribution in [3.05, 3.63) is 46.2 Å². The molecule has 78 valence electrons. The van der Waals surface area contributed by atoms with Gasteiger partial charge in [-0.15, -0.1) is 0 Å². The predicted molar refractivity (Wildman–Crippen MR) is 62.7 cm³/mol. The van der Waals surface area contributed by atoms with Crippen LogP contribution in [-0.2, 0) is 13.5 Å². The number of rotatable bonds is 2. The number of imidazole rings is 1. The molecule has 4 heteroatoms. The molecule has 0 bridgehead atoms. The molecule has 0 unspecified atom stereocenters. The second-order valence-corrected chi connectivity index (χ2v) is 4.20. The first-order valence-corrected chi connectivity index (χ1v) is 5.55. The van der Waals surface area contributed by atoms with Gasteiger partial charge in [0.2, 0.25) is 0 Å². The summed E-state index contributed by atoms with van der Waals surface area (Å²) in [6, 6.07) is 5.95. The smallest absolute Gasteiger partial charge is 0.128 e. The highest BCUT2D eigenvalue weighted by Crippen LogP contribution is 2.19. The average Bonchev–Trinajstić information content (AvgIpc) is 2.47. The molecule has 0 aliphatic heterocycles. The van der Waals surface area contributed by atoms with Crippen molar-refractivity contribution in [2.45, 2.75) is 13.3 Å². The van der Waals surface area contributed by atoms with Gasteiger partial charge in [0.05, 0.1) is 5.69 Å². The normalized spacial score (nSPS) is 10.6. The Labute approximate surface area is 97.3 Å². The van der Waals surface area contributed by atoms with Crippen LogP contribution < -0.4 is 0 Å². The van der Waals surface area contributed by atoms with E-state index in [9.17, 15) is 0 Å². The van der Waals surface area contributed by atoms with Crippen LogP contribution in [0.15, 0.2) is 29.0 Å². The predicted octanol–water partition coefficient (Wildman–Crippen LogP) is 2.48. The van der Waals surface area contributed by atoms with E-state index in [0.717, 1.165) is 28.2 Å². The number of nitrogens with zero attached hydrogens (tertiary/aromatic N) is 3. The highest BCUT2D eigenvalue weighted by atomic mass is 79.9. The van der Waals surface area contributed by atoms with Crippen molar-refractivity contribution in [3.63, 3.8) is 0 Å². The van der Waals surface area contributed by atoms with Crippen LogP contribution in [0.1, 0.15) is 17.2 Å². The summed E-state index contributed by atoms with van der Waals surface area (Å²) in [6.45, 7) is 1.99. The maximum absolute atomic E-state index is 4.36. The molecule has 0 radical (unpaired) electrons. The van der Waals surface area contributed by atoms with Crippen LogP contribution in [0.25, 0.3) is 0 Å². The minimum absolute atomic E-state index is 0.804. The maximum Gasteiger partial charge on any atom is 0.128 e. The highest BCUT2D eigenvalue weighted by Gasteiger charge is 2.10. The van der Waals surface area contributed by atoms with Crippen molar-refractivity contribution in [2.24, 2.45) is 7.05 Å². The zero-order valence-electron chi connectivity index (χ0n) is 8.74. The van der Waals surface area contributed by atoms with E-state index < -0.39 is 0 Å². The molecule has 2 rings (SSSR count). The minimum Gasteiger partial charge on any atom is -0.334 e. The van der Waals surface area contributed by atoms with Crippen molar-refractivity contribution in [1.82, 2.24) is 14.5 Å². The third-order valence-electron chi connectivity index (χ3n) is 2.46. The van der Waals surface area contributed by atoms with Crippen LogP contribution in [0.2, 0.25) is 0 Å². The largest absolute Gasteiger partial charge is 0.334 e. The second-order valence-electron chi connectivity index (χ2n) is 3.45. The Morgan fingerprint density at radius 3 is 2.73 bits per heavy atom. The quantitative estimate of drug-likeness (QED) is 0.836. The fourth-order valence-electron chi connectivity index (χ4n) is 1.48. The van der Waals surface area contributed by atoms with Crippen molar-refractivity contribution in [3.8, 4) is 0 Å². The molecule has 0 fully saturated rings. The molecule has 0 amide bonds. The zero-order valence-corrected chi connectivity index (χ0v) is 10.3. The van der Waals surface area contributed by atoms with Gasteiger partial charge in [0.25, 0.3) is 0 Å². The summed E-state index contributed by atoms with van der Waals surface area (Å²) >= 11 is 3.47. The molecule has 2 aromatic rings. The number of pyridine rings is 1. The summed E-state index contributed by atoms with van der Waals surface area (Å²) < 4.78 is 2.99. The number of hydrogen-bond acceptors (Lipinski definition) is 2. The van der Waals surface area contributed by atoms with Gasteiger partial charge < -0.3 is 4.57 Å². The molecular weight excluding hydrogens is 254 g/mol. The van der Waals surface area contributed by atoms with Crippen LogP contribution in [-0.4, -0.2) is 14.5 Å².